The molecule has 0 radical (unpaired) electrons. The first kappa shape index (κ1) is 11.5. The second kappa shape index (κ2) is 2.78. The monoisotopic (exact) mass is 215 g/mol. The zero-order valence-corrected chi connectivity index (χ0v) is 5.92. The first-order valence-electron chi connectivity index (χ1n) is 2.13. The maximum atomic E-state index is 11.8. The Hall–Kier alpha value is -0.480. The molecule has 0 heterocycles. The Bertz CT molecular complexity index is 254. The van der Waals surface area contributed by atoms with Crippen LogP contribution in [0.15, 0.2) is 0 Å². The minimum Gasteiger partial charge on any atom is -0.197 e. The van der Waals surface area contributed by atoms with Crippen molar-refractivity contribution >= 4 is 10.1 Å². The predicted octanol–water partition coefficient (Wildman–Crippen LogP) is 0.362. The number of hydrogen-bond acceptors (Lipinski definition) is 4. The van der Waals surface area contributed by atoms with Crippen LogP contribution in [0.5, 0.6) is 0 Å². The smallest absolute Gasteiger partial charge is 0.197 e. The summed E-state index contributed by atoms with van der Waals surface area (Å²) in [4.78, 5) is 0. The largest absolute Gasteiger partial charge is 0.472 e. The molecule has 0 atom stereocenters. The summed E-state index contributed by atoms with van der Waals surface area (Å²) in [5.41, 5.74) is 0. The standard InChI is InChI=1S/C2H2F5NO3S/c3-1(4,5)2(6,7)12(9,10)11-8/h8H2. The fraction of sp³-hybridized carbons (Fsp3) is 1.00. The Kier molecular flexibility index (Phi) is 2.67. The molecule has 0 aliphatic heterocycles. The van der Waals surface area contributed by atoms with Gasteiger partial charge in [0.2, 0.25) is 0 Å². The average molecular weight is 215 g/mol. The van der Waals surface area contributed by atoms with E-state index in [0.717, 1.165) is 0 Å². The number of hydrogen-bond donors (Lipinski definition) is 1. The van der Waals surface area contributed by atoms with Gasteiger partial charge in [0.05, 0.1) is 0 Å². The van der Waals surface area contributed by atoms with Crippen LogP contribution in [0.25, 0.3) is 0 Å². The molecule has 0 aliphatic carbocycles. The van der Waals surface area contributed by atoms with Gasteiger partial charge in [0.1, 0.15) is 0 Å². The first-order valence-corrected chi connectivity index (χ1v) is 3.54. The minimum atomic E-state index is -6.24. The Morgan fingerprint density at radius 1 is 1.08 bits per heavy atom. The van der Waals surface area contributed by atoms with Gasteiger partial charge < -0.3 is 0 Å². The fourth-order valence-electron chi connectivity index (χ4n) is 0.202. The van der Waals surface area contributed by atoms with E-state index in [1.807, 2.05) is 0 Å². The molecule has 2 N–H and O–H groups in total. The van der Waals surface area contributed by atoms with Crippen LogP contribution in [0, 0.1) is 0 Å². The molecule has 0 aromatic heterocycles. The summed E-state index contributed by atoms with van der Waals surface area (Å²) in [5.74, 6) is 3.72. The highest BCUT2D eigenvalue weighted by molar-refractivity contribution is 7.87. The molecule has 0 bridgehead atoms. The highest BCUT2D eigenvalue weighted by Gasteiger charge is 2.68. The molecule has 0 amide bonds. The fourth-order valence-corrected chi connectivity index (χ4v) is 0.606. The van der Waals surface area contributed by atoms with Gasteiger partial charge in [-0.3, -0.25) is 0 Å². The Morgan fingerprint density at radius 3 is 1.50 bits per heavy atom. The van der Waals surface area contributed by atoms with Crippen molar-refractivity contribution < 1.29 is 34.7 Å². The molecule has 0 fully saturated rings. The first-order chi connectivity index (χ1) is 5.06. The van der Waals surface area contributed by atoms with Crippen molar-refractivity contribution in [2.45, 2.75) is 11.4 Å². The molecule has 74 valence electrons. The van der Waals surface area contributed by atoms with Crippen molar-refractivity contribution in [2.24, 2.45) is 5.90 Å². The number of halogens is 5. The lowest BCUT2D eigenvalue weighted by atomic mass is 10.7. The summed E-state index contributed by atoms with van der Waals surface area (Å²) in [7, 11) is -6.14. The predicted molar refractivity (Wildman–Crippen MR) is 25.2 cm³/mol. The summed E-state index contributed by atoms with van der Waals surface area (Å²) >= 11 is 0. The molecule has 0 spiro atoms. The Balaban J connectivity index is 5.14. The van der Waals surface area contributed by atoms with Gasteiger partial charge in [0.25, 0.3) is 0 Å². The number of alkyl halides is 5. The molecule has 0 aromatic carbocycles. The van der Waals surface area contributed by atoms with Crippen LogP contribution in [0.2, 0.25) is 0 Å². The van der Waals surface area contributed by atoms with Crippen LogP contribution in [0.1, 0.15) is 0 Å². The zero-order valence-electron chi connectivity index (χ0n) is 5.10. The molecule has 0 unspecified atom stereocenters. The van der Waals surface area contributed by atoms with Gasteiger partial charge in [0, 0.05) is 0 Å². The van der Waals surface area contributed by atoms with E-state index in [1.54, 1.807) is 0 Å². The molecular formula is C2H2F5NO3S. The second-order valence-electron chi connectivity index (χ2n) is 1.56. The van der Waals surface area contributed by atoms with Gasteiger partial charge in [-0.2, -0.15) is 40.6 Å². The maximum Gasteiger partial charge on any atom is 0.472 e. The third kappa shape index (κ3) is 1.64. The zero-order chi connectivity index (χ0) is 10.2. The average Bonchev–Trinajstić information content (AvgIpc) is 1.85. The normalized spacial score (nSPS) is 14.8. The van der Waals surface area contributed by atoms with Gasteiger partial charge in [-0.1, -0.05) is 0 Å². The number of nitrogens with two attached hydrogens (primary N) is 1. The maximum absolute atomic E-state index is 11.8. The molecule has 0 rings (SSSR count). The van der Waals surface area contributed by atoms with Crippen molar-refractivity contribution in [2.75, 3.05) is 0 Å². The van der Waals surface area contributed by atoms with Gasteiger partial charge in [0.15, 0.2) is 0 Å². The Morgan fingerprint density at radius 2 is 1.42 bits per heavy atom. The second-order valence-corrected chi connectivity index (χ2v) is 3.18. The summed E-state index contributed by atoms with van der Waals surface area (Å²) in [6.07, 6.45) is -6.24. The van der Waals surface area contributed by atoms with E-state index in [4.69, 9.17) is 0 Å². The van der Waals surface area contributed by atoms with Gasteiger partial charge in [-0.25, -0.2) is 0 Å². The van der Waals surface area contributed by atoms with Gasteiger partial charge in [-0.15, -0.1) is 0 Å². The lowest BCUT2D eigenvalue weighted by Crippen LogP contribution is -2.45. The van der Waals surface area contributed by atoms with Crippen molar-refractivity contribution in [3.8, 4) is 0 Å². The third-order valence-electron chi connectivity index (χ3n) is 0.771. The summed E-state index contributed by atoms with van der Waals surface area (Å²) in [6.45, 7) is 0. The topological polar surface area (TPSA) is 69.4 Å². The van der Waals surface area contributed by atoms with Crippen LogP contribution >= 0.6 is 0 Å². The molecule has 0 saturated carbocycles. The molecule has 10 heteroatoms. The number of rotatable bonds is 2. The summed E-state index contributed by atoms with van der Waals surface area (Å²) in [5, 5.41) is -5.99. The van der Waals surface area contributed by atoms with E-state index >= 15 is 0 Å². The molecule has 0 aliphatic rings. The van der Waals surface area contributed by atoms with Gasteiger partial charge in [-0.05, 0) is 0 Å². The molecular weight excluding hydrogens is 213 g/mol. The summed E-state index contributed by atoms with van der Waals surface area (Å²) < 4.78 is 79.6. The highest BCUT2D eigenvalue weighted by atomic mass is 32.2. The summed E-state index contributed by atoms with van der Waals surface area (Å²) in [6, 6.07) is 0. The van der Waals surface area contributed by atoms with Crippen molar-refractivity contribution in [1.29, 1.82) is 0 Å². The quantitative estimate of drug-likeness (QED) is 0.533. The van der Waals surface area contributed by atoms with Crippen LogP contribution in [0.3, 0.4) is 0 Å². The lowest BCUT2D eigenvalue weighted by Gasteiger charge is -2.16. The molecule has 0 aromatic rings. The molecule has 0 saturated heterocycles. The Labute approximate surface area is 63.2 Å². The SMILES string of the molecule is NOS(=O)(=O)C(F)(F)C(F)(F)F. The minimum absolute atomic E-state index is 2.53. The third-order valence-corrected chi connectivity index (χ3v) is 1.88. The molecule has 12 heavy (non-hydrogen) atoms. The van der Waals surface area contributed by atoms with E-state index in [9.17, 15) is 30.4 Å². The van der Waals surface area contributed by atoms with E-state index in [1.165, 1.54) is 0 Å². The van der Waals surface area contributed by atoms with Crippen molar-refractivity contribution in [3.05, 3.63) is 0 Å². The van der Waals surface area contributed by atoms with Crippen molar-refractivity contribution in [3.63, 3.8) is 0 Å². The van der Waals surface area contributed by atoms with E-state index in [-0.39, 0.29) is 0 Å². The van der Waals surface area contributed by atoms with Gasteiger partial charge >= 0.3 is 21.5 Å². The van der Waals surface area contributed by atoms with Crippen LogP contribution < -0.4 is 5.90 Å². The van der Waals surface area contributed by atoms with E-state index in [0.29, 0.717) is 0 Å². The van der Waals surface area contributed by atoms with Crippen molar-refractivity contribution in [1.82, 2.24) is 0 Å². The highest BCUT2D eigenvalue weighted by Crippen LogP contribution is 2.39. The van der Waals surface area contributed by atoms with E-state index in [2.05, 4.69) is 10.2 Å². The van der Waals surface area contributed by atoms with Crippen LogP contribution in [-0.2, 0) is 14.4 Å². The molecule has 4 nitrogen and oxygen atoms in total. The lowest BCUT2D eigenvalue weighted by molar-refractivity contribution is -0.244. The van der Waals surface area contributed by atoms with Crippen LogP contribution in [0.4, 0.5) is 22.0 Å². The van der Waals surface area contributed by atoms with E-state index < -0.39 is 21.5 Å². The van der Waals surface area contributed by atoms with Crippen LogP contribution in [-0.4, -0.2) is 19.8 Å².